The van der Waals surface area contributed by atoms with Gasteiger partial charge in [-0.15, -0.1) is 0 Å². The highest BCUT2D eigenvalue weighted by Gasteiger charge is 2.13. The number of halogens is 1. The zero-order valence-corrected chi connectivity index (χ0v) is 9.58. The van der Waals surface area contributed by atoms with E-state index in [0.717, 1.165) is 16.7 Å². The zero-order valence-electron chi connectivity index (χ0n) is 8.00. The molecule has 0 fully saturated rings. The second-order valence-corrected chi connectivity index (χ2v) is 4.11. The first-order valence-corrected chi connectivity index (χ1v) is 5.32. The summed E-state index contributed by atoms with van der Waals surface area (Å²) >= 11 is 3.33. The average Bonchev–Trinajstić information content (AvgIpc) is 2.15. The van der Waals surface area contributed by atoms with E-state index in [0.29, 0.717) is 5.92 Å². The summed E-state index contributed by atoms with van der Waals surface area (Å²) in [7, 11) is 0. The first-order chi connectivity index (χ1) is 6.15. The molecule has 2 nitrogen and oxygen atoms in total. The molecule has 0 spiro atoms. The van der Waals surface area contributed by atoms with E-state index < -0.39 is 0 Å². The SMILES string of the molecule is CCC(C)[C@H](N)c1cccc(Br)n1. The predicted molar refractivity (Wildman–Crippen MR) is 58.3 cm³/mol. The van der Waals surface area contributed by atoms with Gasteiger partial charge in [-0.25, -0.2) is 4.98 Å². The standard InChI is InChI=1S/C10H15BrN2/c1-3-7(2)10(12)8-5-4-6-9(11)13-8/h4-7,10H,3,12H2,1-2H3/t7?,10-/m0/s1. The molecule has 0 saturated heterocycles. The maximum atomic E-state index is 6.03. The first-order valence-electron chi connectivity index (χ1n) is 4.53. The van der Waals surface area contributed by atoms with Crippen LogP contribution in [0.15, 0.2) is 22.8 Å². The Morgan fingerprint density at radius 3 is 2.77 bits per heavy atom. The van der Waals surface area contributed by atoms with Crippen molar-refractivity contribution in [3.63, 3.8) is 0 Å². The number of aromatic nitrogens is 1. The maximum absolute atomic E-state index is 6.03. The zero-order chi connectivity index (χ0) is 9.84. The van der Waals surface area contributed by atoms with Crippen LogP contribution in [-0.4, -0.2) is 4.98 Å². The summed E-state index contributed by atoms with van der Waals surface area (Å²) in [6.07, 6.45) is 1.08. The lowest BCUT2D eigenvalue weighted by Crippen LogP contribution is -2.19. The Morgan fingerprint density at radius 1 is 1.54 bits per heavy atom. The van der Waals surface area contributed by atoms with Gasteiger partial charge in [0.15, 0.2) is 0 Å². The van der Waals surface area contributed by atoms with Gasteiger partial charge in [-0.2, -0.15) is 0 Å². The van der Waals surface area contributed by atoms with E-state index in [9.17, 15) is 0 Å². The third kappa shape index (κ3) is 2.78. The van der Waals surface area contributed by atoms with Crippen molar-refractivity contribution >= 4 is 15.9 Å². The lowest BCUT2D eigenvalue weighted by atomic mass is 9.97. The maximum Gasteiger partial charge on any atom is 0.106 e. The van der Waals surface area contributed by atoms with Crippen LogP contribution in [0.3, 0.4) is 0 Å². The van der Waals surface area contributed by atoms with E-state index in [1.54, 1.807) is 0 Å². The monoisotopic (exact) mass is 242 g/mol. The van der Waals surface area contributed by atoms with Crippen molar-refractivity contribution in [2.75, 3.05) is 0 Å². The summed E-state index contributed by atoms with van der Waals surface area (Å²) in [5.74, 6) is 0.474. The number of rotatable bonds is 3. The molecule has 0 bridgehead atoms. The highest BCUT2D eigenvalue weighted by atomic mass is 79.9. The van der Waals surface area contributed by atoms with E-state index in [-0.39, 0.29) is 6.04 Å². The lowest BCUT2D eigenvalue weighted by Gasteiger charge is -2.17. The average molecular weight is 243 g/mol. The van der Waals surface area contributed by atoms with Crippen molar-refractivity contribution in [3.8, 4) is 0 Å². The Labute approximate surface area is 87.7 Å². The van der Waals surface area contributed by atoms with Gasteiger partial charge in [-0.1, -0.05) is 26.3 Å². The fourth-order valence-corrected chi connectivity index (χ4v) is 1.51. The number of hydrogen-bond acceptors (Lipinski definition) is 2. The van der Waals surface area contributed by atoms with Crippen LogP contribution in [0.2, 0.25) is 0 Å². The van der Waals surface area contributed by atoms with Crippen molar-refractivity contribution in [2.24, 2.45) is 11.7 Å². The molecule has 0 aliphatic carbocycles. The molecule has 2 atom stereocenters. The molecule has 72 valence electrons. The van der Waals surface area contributed by atoms with Gasteiger partial charge in [0.25, 0.3) is 0 Å². The van der Waals surface area contributed by atoms with Crippen LogP contribution in [-0.2, 0) is 0 Å². The molecule has 1 rings (SSSR count). The third-order valence-electron chi connectivity index (χ3n) is 2.34. The van der Waals surface area contributed by atoms with Crippen molar-refractivity contribution in [2.45, 2.75) is 26.3 Å². The van der Waals surface area contributed by atoms with Gasteiger partial charge >= 0.3 is 0 Å². The number of nitrogens with two attached hydrogens (primary N) is 1. The Morgan fingerprint density at radius 2 is 2.23 bits per heavy atom. The Bertz CT molecular complexity index is 275. The first kappa shape index (κ1) is 10.7. The molecule has 0 radical (unpaired) electrons. The molecule has 1 unspecified atom stereocenters. The van der Waals surface area contributed by atoms with Crippen LogP contribution >= 0.6 is 15.9 Å². The van der Waals surface area contributed by atoms with Gasteiger partial charge in [-0.05, 0) is 34.0 Å². The fraction of sp³-hybridized carbons (Fsp3) is 0.500. The molecule has 2 N–H and O–H groups in total. The number of hydrogen-bond donors (Lipinski definition) is 1. The Kier molecular flexibility index (Phi) is 3.88. The molecule has 1 aromatic rings. The van der Waals surface area contributed by atoms with Crippen molar-refractivity contribution < 1.29 is 0 Å². The Balaban J connectivity index is 2.82. The minimum Gasteiger partial charge on any atom is -0.322 e. The molecule has 0 aliphatic rings. The Hall–Kier alpha value is -0.410. The quantitative estimate of drug-likeness (QED) is 0.829. The van der Waals surface area contributed by atoms with Crippen molar-refractivity contribution in [3.05, 3.63) is 28.5 Å². The second kappa shape index (κ2) is 4.72. The minimum absolute atomic E-state index is 0.0440. The van der Waals surface area contributed by atoms with Crippen LogP contribution in [0.1, 0.15) is 32.0 Å². The van der Waals surface area contributed by atoms with Crippen molar-refractivity contribution in [1.82, 2.24) is 4.98 Å². The van der Waals surface area contributed by atoms with Gasteiger partial charge in [-0.3, -0.25) is 0 Å². The number of pyridine rings is 1. The summed E-state index contributed by atoms with van der Waals surface area (Å²) < 4.78 is 0.851. The van der Waals surface area contributed by atoms with Gasteiger partial charge in [0.05, 0.1) is 5.69 Å². The van der Waals surface area contributed by atoms with Crippen LogP contribution in [0.4, 0.5) is 0 Å². The fourth-order valence-electron chi connectivity index (χ4n) is 1.16. The molecule has 13 heavy (non-hydrogen) atoms. The topological polar surface area (TPSA) is 38.9 Å². The summed E-state index contributed by atoms with van der Waals surface area (Å²) in [6, 6.07) is 5.89. The smallest absolute Gasteiger partial charge is 0.106 e. The molecule has 3 heteroatoms. The normalized spacial score (nSPS) is 15.4. The van der Waals surface area contributed by atoms with Gasteiger partial charge < -0.3 is 5.73 Å². The van der Waals surface area contributed by atoms with Crippen LogP contribution < -0.4 is 5.73 Å². The number of nitrogens with zero attached hydrogens (tertiary/aromatic N) is 1. The van der Waals surface area contributed by atoms with Gasteiger partial charge in [0.2, 0.25) is 0 Å². The van der Waals surface area contributed by atoms with Crippen LogP contribution in [0, 0.1) is 5.92 Å². The third-order valence-corrected chi connectivity index (χ3v) is 2.78. The second-order valence-electron chi connectivity index (χ2n) is 3.30. The summed E-state index contributed by atoms with van der Waals surface area (Å²) in [5, 5.41) is 0. The van der Waals surface area contributed by atoms with Crippen LogP contribution in [0.5, 0.6) is 0 Å². The molecule has 1 aromatic heterocycles. The van der Waals surface area contributed by atoms with E-state index in [1.165, 1.54) is 0 Å². The highest BCUT2D eigenvalue weighted by molar-refractivity contribution is 9.10. The van der Waals surface area contributed by atoms with E-state index in [4.69, 9.17) is 5.73 Å². The molecule has 1 heterocycles. The summed E-state index contributed by atoms with van der Waals surface area (Å²) in [4.78, 5) is 4.33. The minimum atomic E-state index is 0.0440. The van der Waals surface area contributed by atoms with E-state index >= 15 is 0 Å². The van der Waals surface area contributed by atoms with E-state index in [1.807, 2.05) is 18.2 Å². The van der Waals surface area contributed by atoms with Gasteiger partial charge in [0.1, 0.15) is 4.60 Å². The van der Waals surface area contributed by atoms with Crippen LogP contribution in [0.25, 0.3) is 0 Å². The largest absolute Gasteiger partial charge is 0.322 e. The van der Waals surface area contributed by atoms with E-state index in [2.05, 4.69) is 34.8 Å². The molecule has 0 saturated carbocycles. The van der Waals surface area contributed by atoms with Crippen molar-refractivity contribution in [1.29, 1.82) is 0 Å². The lowest BCUT2D eigenvalue weighted by molar-refractivity contribution is 0.448. The van der Waals surface area contributed by atoms with Gasteiger partial charge in [0, 0.05) is 6.04 Å². The molecule has 0 aliphatic heterocycles. The summed E-state index contributed by atoms with van der Waals surface area (Å²) in [5.41, 5.74) is 7.00. The molecular formula is C10H15BrN2. The molecular weight excluding hydrogens is 228 g/mol. The predicted octanol–water partition coefficient (Wildman–Crippen LogP) is 2.89. The summed E-state index contributed by atoms with van der Waals surface area (Å²) in [6.45, 7) is 4.29. The molecule has 0 aromatic carbocycles. The highest BCUT2D eigenvalue weighted by Crippen LogP contribution is 2.21. The molecule has 0 amide bonds.